The predicted octanol–water partition coefficient (Wildman–Crippen LogP) is 3.33. The van der Waals surface area contributed by atoms with Crippen molar-refractivity contribution in [2.75, 3.05) is 17.8 Å². The highest BCUT2D eigenvalue weighted by Crippen LogP contribution is 2.18. The molecule has 0 aliphatic carbocycles. The van der Waals surface area contributed by atoms with E-state index in [1.54, 1.807) is 24.3 Å². The van der Waals surface area contributed by atoms with Crippen molar-refractivity contribution in [1.29, 1.82) is 0 Å². The van der Waals surface area contributed by atoms with Crippen LogP contribution < -0.4 is 15.8 Å². The van der Waals surface area contributed by atoms with Crippen LogP contribution in [0.5, 0.6) is 0 Å². The number of amides is 1. The van der Waals surface area contributed by atoms with E-state index in [0.717, 1.165) is 19.3 Å². The number of nitrogens with one attached hydrogen (secondary N) is 2. The van der Waals surface area contributed by atoms with Crippen molar-refractivity contribution < 1.29 is 13.2 Å². The summed E-state index contributed by atoms with van der Waals surface area (Å²) in [6.45, 7) is 3.07. The van der Waals surface area contributed by atoms with Gasteiger partial charge in [0, 0.05) is 17.8 Å². The Labute approximate surface area is 173 Å². The van der Waals surface area contributed by atoms with Crippen LogP contribution in [-0.4, -0.2) is 27.4 Å². The molecule has 0 atom stereocenters. The Morgan fingerprint density at radius 1 is 1.07 bits per heavy atom. The summed E-state index contributed by atoms with van der Waals surface area (Å²) in [6.07, 6.45) is 3.86. The zero-order chi connectivity index (χ0) is 19.7. The molecular formula is C20H28ClN3O3S. The Morgan fingerprint density at radius 3 is 2.43 bits per heavy atom. The second kappa shape index (κ2) is 11.7. The number of unbranched alkanes of at least 4 members (excludes halogenated alkanes) is 1. The minimum absolute atomic E-state index is 0. The largest absolute Gasteiger partial charge is 0.352 e. The molecule has 0 aliphatic rings. The van der Waals surface area contributed by atoms with Crippen molar-refractivity contribution in [2.45, 2.75) is 37.5 Å². The number of sulfonamides is 1. The minimum atomic E-state index is -3.77. The molecule has 0 aromatic heterocycles. The molecule has 8 heteroatoms. The number of anilines is 1. The summed E-state index contributed by atoms with van der Waals surface area (Å²) in [5.74, 6) is -0.319. The second-order valence-corrected chi connectivity index (χ2v) is 8.01. The Bertz CT molecular complexity index is 855. The van der Waals surface area contributed by atoms with Gasteiger partial charge in [-0.25, -0.2) is 8.42 Å². The molecule has 2 rings (SSSR count). The summed E-state index contributed by atoms with van der Waals surface area (Å²) >= 11 is 0. The van der Waals surface area contributed by atoms with E-state index in [1.165, 1.54) is 17.7 Å². The van der Waals surface area contributed by atoms with Crippen molar-refractivity contribution in [2.24, 2.45) is 5.73 Å². The summed E-state index contributed by atoms with van der Waals surface area (Å²) in [7, 11) is -3.77. The number of aryl methyl sites for hydroxylation is 1. The van der Waals surface area contributed by atoms with Crippen LogP contribution in [0.2, 0.25) is 0 Å². The van der Waals surface area contributed by atoms with Crippen LogP contribution in [0, 0.1) is 0 Å². The van der Waals surface area contributed by atoms with Crippen LogP contribution in [0.3, 0.4) is 0 Å². The maximum Gasteiger partial charge on any atom is 0.261 e. The summed E-state index contributed by atoms with van der Waals surface area (Å²) in [4.78, 5) is 12.2. The van der Waals surface area contributed by atoms with Crippen LogP contribution in [0.4, 0.5) is 5.69 Å². The van der Waals surface area contributed by atoms with E-state index in [1.807, 2.05) is 12.1 Å². The molecule has 0 bridgehead atoms. The number of carbonyl (C=O) groups is 1. The fraction of sp³-hybridized carbons (Fsp3) is 0.350. The number of hydrogen-bond donors (Lipinski definition) is 3. The van der Waals surface area contributed by atoms with E-state index in [-0.39, 0.29) is 23.2 Å². The Morgan fingerprint density at radius 2 is 1.79 bits per heavy atom. The zero-order valence-electron chi connectivity index (χ0n) is 16.0. The highest BCUT2D eigenvalue weighted by Gasteiger charge is 2.16. The highest BCUT2D eigenvalue weighted by atomic mass is 35.5. The topological polar surface area (TPSA) is 101 Å². The fourth-order valence-corrected chi connectivity index (χ4v) is 3.65. The molecule has 28 heavy (non-hydrogen) atoms. The van der Waals surface area contributed by atoms with Crippen LogP contribution in [0.25, 0.3) is 0 Å². The third-order valence-electron chi connectivity index (χ3n) is 4.10. The minimum Gasteiger partial charge on any atom is -0.352 e. The van der Waals surface area contributed by atoms with Gasteiger partial charge in [0.05, 0.1) is 4.90 Å². The van der Waals surface area contributed by atoms with Crippen molar-refractivity contribution in [3.8, 4) is 0 Å². The van der Waals surface area contributed by atoms with Gasteiger partial charge in [0.15, 0.2) is 0 Å². The third kappa shape index (κ3) is 7.14. The lowest BCUT2D eigenvalue weighted by Crippen LogP contribution is -2.26. The van der Waals surface area contributed by atoms with E-state index in [2.05, 4.69) is 17.0 Å². The molecule has 0 saturated carbocycles. The molecule has 0 fully saturated rings. The lowest BCUT2D eigenvalue weighted by Gasteiger charge is -2.10. The first-order valence-electron chi connectivity index (χ1n) is 9.16. The fourth-order valence-electron chi connectivity index (χ4n) is 2.54. The molecular weight excluding hydrogens is 398 g/mol. The van der Waals surface area contributed by atoms with Crippen LogP contribution in [-0.2, 0) is 16.4 Å². The Kier molecular flexibility index (Phi) is 9.99. The predicted molar refractivity (Wildman–Crippen MR) is 116 cm³/mol. The normalized spacial score (nSPS) is 10.8. The zero-order valence-corrected chi connectivity index (χ0v) is 17.6. The smallest absolute Gasteiger partial charge is 0.261 e. The Hall–Kier alpha value is -2.09. The second-order valence-electron chi connectivity index (χ2n) is 6.33. The van der Waals surface area contributed by atoms with E-state index >= 15 is 0 Å². The van der Waals surface area contributed by atoms with Gasteiger partial charge in [-0.2, -0.15) is 0 Å². The third-order valence-corrected chi connectivity index (χ3v) is 5.48. The molecule has 2 aromatic rings. The summed E-state index contributed by atoms with van der Waals surface area (Å²) in [6, 6.07) is 13.3. The van der Waals surface area contributed by atoms with Crippen LogP contribution in [0.1, 0.15) is 42.1 Å². The van der Waals surface area contributed by atoms with Crippen molar-refractivity contribution in [1.82, 2.24) is 5.32 Å². The van der Waals surface area contributed by atoms with Gasteiger partial charge in [-0.05, 0) is 61.7 Å². The van der Waals surface area contributed by atoms with Crippen LogP contribution >= 0.6 is 12.4 Å². The molecule has 0 saturated heterocycles. The van der Waals surface area contributed by atoms with Gasteiger partial charge in [-0.3, -0.25) is 9.52 Å². The SMILES string of the molecule is CCCCc1ccc(NS(=O)(=O)c2cccc(C(=O)NCCCN)c2)cc1.Cl. The molecule has 154 valence electrons. The van der Waals surface area contributed by atoms with E-state index in [4.69, 9.17) is 5.73 Å². The van der Waals surface area contributed by atoms with Gasteiger partial charge < -0.3 is 11.1 Å². The van der Waals surface area contributed by atoms with Gasteiger partial charge in [0.1, 0.15) is 0 Å². The molecule has 4 N–H and O–H groups in total. The first-order chi connectivity index (χ1) is 13.0. The number of carbonyl (C=O) groups excluding carboxylic acids is 1. The average molecular weight is 426 g/mol. The Balaban J connectivity index is 0.00000392. The first-order valence-corrected chi connectivity index (χ1v) is 10.6. The number of rotatable bonds is 10. The molecule has 0 heterocycles. The molecule has 1 amide bonds. The molecule has 0 radical (unpaired) electrons. The number of nitrogens with two attached hydrogens (primary N) is 1. The van der Waals surface area contributed by atoms with Gasteiger partial charge in [0.2, 0.25) is 0 Å². The highest BCUT2D eigenvalue weighted by molar-refractivity contribution is 7.92. The maximum atomic E-state index is 12.6. The average Bonchev–Trinajstić information content (AvgIpc) is 2.67. The molecule has 0 unspecified atom stereocenters. The van der Waals surface area contributed by atoms with Crippen molar-refractivity contribution in [3.63, 3.8) is 0 Å². The maximum absolute atomic E-state index is 12.6. The summed E-state index contributed by atoms with van der Waals surface area (Å²) in [5.41, 5.74) is 7.37. The van der Waals surface area contributed by atoms with Gasteiger partial charge in [-0.15, -0.1) is 12.4 Å². The standard InChI is InChI=1S/C20H27N3O3S.ClH/c1-2-3-6-16-9-11-18(12-10-16)23-27(25,26)19-8-4-7-17(15-19)20(24)22-14-5-13-21;/h4,7-12,15,23H,2-3,5-6,13-14,21H2,1H3,(H,22,24);1H. The van der Waals surface area contributed by atoms with Gasteiger partial charge in [-0.1, -0.05) is 31.5 Å². The van der Waals surface area contributed by atoms with Crippen molar-refractivity contribution in [3.05, 3.63) is 59.7 Å². The lowest BCUT2D eigenvalue weighted by atomic mass is 10.1. The quantitative estimate of drug-likeness (QED) is 0.508. The van der Waals surface area contributed by atoms with Crippen LogP contribution in [0.15, 0.2) is 53.4 Å². The number of hydrogen-bond acceptors (Lipinski definition) is 4. The van der Waals surface area contributed by atoms with Gasteiger partial charge in [0.25, 0.3) is 15.9 Å². The summed E-state index contributed by atoms with van der Waals surface area (Å²) in [5, 5.41) is 2.72. The van der Waals surface area contributed by atoms with E-state index < -0.39 is 10.0 Å². The first kappa shape index (κ1) is 23.9. The number of halogens is 1. The van der Waals surface area contributed by atoms with Gasteiger partial charge >= 0.3 is 0 Å². The lowest BCUT2D eigenvalue weighted by molar-refractivity contribution is 0.0953. The monoisotopic (exact) mass is 425 g/mol. The molecule has 6 nitrogen and oxygen atoms in total. The number of benzene rings is 2. The molecule has 2 aromatic carbocycles. The summed E-state index contributed by atoms with van der Waals surface area (Å²) < 4.78 is 27.8. The van der Waals surface area contributed by atoms with Crippen molar-refractivity contribution >= 4 is 34.0 Å². The van der Waals surface area contributed by atoms with E-state index in [9.17, 15) is 13.2 Å². The molecule has 0 aliphatic heterocycles. The molecule has 0 spiro atoms. The van der Waals surface area contributed by atoms with E-state index in [0.29, 0.717) is 30.8 Å².